The van der Waals surface area contributed by atoms with Crippen molar-refractivity contribution in [2.24, 2.45) is 0 Å². The number of amides is 1. The van der Waals surface area contributed by atoms with Gasteiger partial charge in [-0.3, -0.25) is 0 Å². The summed E-state index contributed by atoms with van der Waals surface area (Å²) in [4.78, 5) is 14.3. The Morgan fingerprint density at radius 2 is 1.50 bits per heavy atom. The number of aromatic hydroxyl groups is 1. The molecule has 0 aliphatic heterocycles. The minimum Gasteiger partial charge on any atom is -0.508 e. The zero-order valence-electron chi connectivity index (χ0n) is 15.8. The molecular weight excluding hydrogens is 350 g/mol. The van der Waals surface area contributed by atoms with E-state index < -0.39 is 0 Å². The van der Waals surface area contributed by atoms with E-state index in [-0.39, 0.29) is 17.8 Å². The Labute approximate surface area is 165 Å². The second-order valence-electron chi connectivity index (χ2n) is 6.98. The van der Waals surface area contributed by atoms with Crippen molar-refractivity contribution in [3.8, 4) is 16.9 Å². The van der Waals surface area contributed by atoms with E-state index in [4.69, 9.17) is 4.74 Å². The monoisotopic (exact) mass is 373 g/mol. The van der Waals surface area contributed by atoms with Crippen LogP contribution in [0.15, 0.2) is 72.8 Å². The lowest BCUT2D eigenvalue weighted by Crippen LogP contribution is -2.31. The third kappa shape index (κ3) is 3.46. The van der Waals surface area contributed by atoms with Crippen LogP contribution in [-0.4, -0.2) is 29.3 Å². The van der Waals surface area contributed by atoms with Gasteiger partial charge < -0.3 is 14.7 Å². The van der Waals surface area contributed by atoms with E-state index in [0.717, 1.165) is 5.56 Å². The molecule has 0 fully saturated rings. The van der Waals surface area contributed by atoms with Crippen molar-refractivity contribution in [1.29, 1.82) is 0 Å². The predicted molar refractivity (Wildman–Crippen MR) is 109 cm³/mol. The second-order valence-corrected chi connectivity index (χ2v) is 6.98. The molecule has 0 heterocycles. The highest BCUT2D eigenvalue weighted by Crippen LogP contribution is 2.44. The van der Waals surface area contributed by atoms with Gasteiger partial charge in [0.05, 0.1) is 0 Å². The molecule has 0 saturated heterocycles. The zero-order chi connectivity index (χ0) is 19.5. The Balaban J connectivity index is 1.47. The molecule has 1 N–H and O–H groups in total. The molecule has 4 heteroatoms. The van der Waals surface area contributed by atoms with Crippen molar-refractivity contribution in [1.82, 2.24) is 4.90 Å². The summed E-state index contributed by atoms with van der Waals surface area (Å²) in [5, 5.41) is 9.42. The van der Waals surface area contributed by atoms with Crippen LogP contribution in [0, 0.1) is 0 Å². The maximum atomic E-state index is 12.7. The lowest BCUT2D eigenvalue weighted by molar-refractivity contribution is 0.0992. The molecule has 142 valence electrons. The number of phenols is 1. The van der Waals surface area contributed by atoms with Gasteiger partial charge >= 0.3 is 6.09 Å². The quantitative estimate of drug-likeness (QED) is 0.672. The van der Waals surface area contributed by atoms with Crippen molar-refractivity contribution in [3.63, 3.8) is 0 Å². The van der Waals surface area contributed by atoms with Crippen molar-refractivity contribution < 1.29 is 14.6 Å². The smallest absolute Gasteiger partial charge is 0.410 e. The first kappa shape index (κ1) is 18.1. The van der Waals surface area contributed by atoms with E-state index in [1.807, 2.05) is 43.3 Å². The average Bonchev–Trinajstić information content (AvgIpc) is 3.05. The molecule has 28 heavy (non-hydrogen) atoms. The predicted octanol–water partition coefficient (Wildman–Crippen LogP) is 5.16. The maximum absolute atomic E-state index is 12.7. The molecule has 0 unspecified atom stereocenters. The van der Waals surface area contributed by atoms with E-state index in [9.17, 15) is 9.90 Å². The summed E-state index contributed by atoms with van der Waals surface area (Å²) in [6.07, 6.45) is -0.322. The number of rotatable bonds is 5. The minimum absolute atomic E-state index is 0.0590. The molecule has 1 aliphatic rings. The maximum Gasteiger partial charge on any atom is 0.410 e. The van der Waals surface area contributed by atoms with Crippen LogP contribution in [0.4, 0.5) is 4.79 Å². The highest BCUT2D eigenvalue weighted by molar-refractivity contribution is 5.79. The fourth-order valence-electron chi connectivity index (χ4n) is 3.81. The van der Waals surface area contributed by atoms with Gasteiger partial charge in [-0.25, -0.2) is 4.79 Å². The van der Waals surface area contributed by atoms with Crippen molar-refractivity contribution in [3.05, 3.63) is 89.5 Å². The average molecular weight is 373 g/mol. The summed E-state index contributed by atoms with van der Waals surface area (Å²) in [6.45, 7) is 3.26. The summed E-state index contributed by atoms with van der Waals surface area (Å²) in [5.41, 5.74) is 5.80. The van der Waals surface area contributed by atoms with Gasteiger partial charge in [-0.15, -0.1) is 0 Å². The van der Waals surface area contributed by atoms with Gasteiger partial charge in [-0.1, -0.05) is 60.7 Å². The highest BCUT2D eigenvalue weighted by Gasteiger charge is 2.29. The molecule has 0 aromatic heterocycles. The molecule has 3 aromatic rings. The molecule has 1 aliphatic carbocycles. The first-order chi connectivity index (χ1) is 13.7. The summed E-state index contributed by atoms with van der Waals surface area (Å²) in [6, 6.07) is 23.5. The van der Waals surface area contributed by atoms with Crippen LogP contribution in [0.2, 0.25) is 0 Å². The third-order valence-corrected chi connectivity index (χ3v) is 5.29. The zero-order valence-corrected chi connectivity index (χ0v) is 15.8. The van der Waals surface area contributed by atoms with Crippen molar-refractivity contribution in [2.45, 2.75) is 19.4 Å². The van der Waals surface area contributed by atoms with E-state index in [1.165, 1.54) is 22.3 Å². The van der Waals surface area contributed by atoms with Gasteiger partial charge in [-0.05, 0) is 46.9 Å². The van der Waals surface area contributed by atoms with Crippen LogP contribution in [0.3, 0.4) is 0 Å². The van der Waals surface area contributed by atoms with Gasteiger partial charge in [0.2, 0.25) is 0 Å². The fraction of sp³-hybridized carbons (Fsp3) is 0.208. The number of ether oxygens (including phenoxy) is 1. The number of benzene rings is 3. The Hall–Kier alpha value is -3.27. The summed E-state index contributed by atoms with van der Waals surface area (Å²) < 4.78 is 5.73. The SMILES string of the molecule is CCN(Cc1ccc(O)cc1)C(=O)OCC1c2ccccc2-c2ccccc21. The van der Waals surface area contributed by atoms with E-state index >= 15 is 0 Å². The van der Waals surface area contributed by atoms with E-state index in [1.54, 1.807) is 17.0 Å². The number of carbonyl (C=O) groups is 1. The van der Waals surface area contributed by atoms with Crippen LogP contribution < -0.4 is 0 Å². The molecule has 4 rings (SSSR count). The van der Waals surface area contributed by atoms with Gasteiger partial charge in [-0.2, -0.15) is 0 Å². The van der Waals surface area contributed by atoms with Crippen molar-refractivity contribution in [2.75, 3.05) is 13.2 Å². The normalized spacial score (nSPS) is 12.3. The lowest BCUT2D eigenvalue weighted by Gasteiger charge is -2.22. The molecule has 0 saturated carbocycles. The molecule has 0 radical (unpaired) electrons. The highest BCUT2D eigenvalue weighted by atomic mass is 16.6. The van der Waals surface area contributed by atoms with Gasteiger partial charge in [0.25, 0.3) is 0 Å². The largest absolute Gasteiger partial charge is 0.508 e. The second kappa shape index (κ2) is 7.77. The molecular formula is C24H23NO3. The first-order valence-electron chi connectivity index (χ1n) is 9.55. The number of nitrogens with zero attached hydrogens (tertiary/aromatic N) is 1. The molecule has 1 amide bonds. The molecule has 4 nitrogen and oxygen atoms in total. The lowest BCUT2D eigenvalue weighted by atomic mass is 9.98. The van der Waals surface area contributed by atoms with Crippen LogP contribution in [0.25, 0.3) is 11.1 Å². The standard InChI is InChI=1S/C24H23NO3/c1-2-25(15-17-11-13-18(26)14-12-17)24(27)28-16-23-21-9-5-3-7-19(21)20-8-4-6-10-22(20)23/h3-14,23,26H,2,15-16H2,1H3. The van der Waals surface area contributed by atoms with Crippen molar-refractivity contribution >= 4 is 6.09 Å². The van der Waals surface area contributed by atoms with E-state index in [0.29, 0.717) is 19.7 Å². The fourth-order valence-corrected chi connectivity index (χ4v) is 3.81. The van der Waals surface area contributed by atoms with E-state index in [2.05, 4.69) is 24.3 Å². The minimum atomic E-state index is -0.322. The Morgan fingerprint density at radius 1 is 0.929 bits per heavy atom. The number of phenolic OH excluding ortho intramolecular Hbond substituents is 1. The summed E-state index contributed by atoms with van der Waals surface area (Å²) >= 11 is 0. The number of hydrogen-bond donors (Lipinski definition) is 1. The van der Waals surface area contributed by atoms with Gasteiger partial charge in [0.1, 0.15) is 12.4 Å². The summed E-state index contributed by atoms with van der Waals surface area (Å²) in [7, 11) is 0. The Bertz CT molecular complexity index is 936. The topological polar surface area (TPSA) is 49.8 Å². The van der Waals surface area contributed by atoms with Crippen LogP contribution >= 0.6 is 0 Å². The first-order valence-corrected chi connectivity index (χ1v) is 9.55. The Morgan fingerprint density at radius 3 is 2.07 bits per heavy atom. The Kier molecular flexibility index (Phi) is 5.02. The molecule has 0 bridgehead atoms. The van der Waals surface area contributed by atoms with Crippen LogP contribution in [-0.2, 0) is 11.3 Å². The van der Waals surface area contributed by atoms with Gasteiger partial charge in [0.15, 0.2) is 0 Å². The number of fused-ring (bicyclic) bond motifs is 3. The van der Waals surface area contributed by atoms with Crippen LogP contribution in [0.1, 0.15) is 29.5 Å². The molecule has 3 aromatic carbocycles. The molecule has 0 spiro atoms. The summed E-state index contributed by atoms with van der Waals surface area (Å²) in [5.74, 6) is 0.275. The number of carbonyl (C=O) groups excluding carboxylic acids is 1. The third-order valence-electron chi connectivity index (χ3n) is 5.29. The number of hydrogen-bond acceptors (Lipinski definition) is 3. The van der Waals surface area contributed by atoms with Crippen LogP contribution in [0.5, 0.6) is 5.75 Å². The van der Waals surface area contributed by atoms with Gasteiger partial charge in [0, 0.05) is 19.0 Å². The molecule has 0 atom stereocenters.